The van der Waals surface area contributed by atoms with Crippen molar-refractivity contribution in [1.82, 2.24) is 14.8 Å². The van der Waals surface area contributed by atoms with Gasteiger partial charge in [-0.25, -0.2) is 0 Å². The summed E-state index contributed by atoms with van der Waals surface area (Å²) < 4.78 is 1.72. The number of aryl methyl sites for hydroxylation is 2. The lowest BCUT2D eigenvalue weighted by Gasteiger charge is -2.09. The highest BCUT2D eigenvalue weighted by Gasteiger charge is 2.20. The molecule has 21 heavy (non-hydrogen) atoms. The lowest BCUT2D eigenvalue weighted by molar-refractivity contribution is -0.386. The van der Waals surface area contributed by atoms with E-state index in [0.29, 0.717) is 23.4 Å². The highest BCUT2D eigenvalue weighted by molar-refractivity contribution is 5.47. The second-order valence-electron chi connectivity index (χ2n) is 5.08. The first-order valence-corrected chi connectivity index (χ1v) is 6.60. The molecule has 0 saturated carbocycles. The smallest absolute Gasteiger partial charge is 0.278 e. The molecule has 1 N–H and O–H groups in total. The summed E-state index contributed by atoms with van der Waals surface area (Å²) in [6.45, 7) is 7.34. The Bertz CT molecular complexity index is 707. The molecule has 0 unspecified atom stereocenters. The van der Waals surface area contributed by atoms with Crippen LogP contribution in [0, 0.1) is 37.8 Å². The van der Waals surface area contributed by atoms with Crippen LogP contribution in [-0.2, 0) is 13.2 Å². The zero-order valence-electron chi connectivity index (χ0n) is 12.5. The van der Waals surface area contributed by atoms with Gasteiger partial charge in [0.05, 0.1) is 35.0 Å². The summed E-state index contributed by atoms with van der Waals surface area (Å²) in [5.41, 5.74) is 4.21. The van der Waals surface area contributed by atoms with E-state index in [0.717, 1.165) is 17.0 Å². The highest BCUT2D eigenvalue weighted by atomic mass is 16.6. The Balaban J connectivity index is 2.46. The fraction of sp³-hybridized carbons (Fsp3) is 0.429. The molecule has 0 aromatic carbocycles. The van der Waals surface area contributed by atoms with Crippen LogP contribution in [0.15, 0.2) is 6.20 Å². The van der Waals surface area contributed by atoms with Crippen molar-refractivity contribution in [1.29, 1.82) is 0 Å². The van der Waals surface area contributed by atoms with Gasteiger partial charge in [-0.1, -0.05) is 0 Å². The Labute approximate surface area is 122 Å². The zero-order valence-corrected chi connectivity index (χ0v) is 12.5. The average Bonchev–Trinajstić information content (AvgIpc) is 2.67. The van der Waals surface area contributed by atoms with Gasteiger partial charge in [0.1, 0.15) is 0 Å². The summed E-state index contributed by atoms with van der Waals surface area (Å²) >= 11 is 0. The molecule has 0 atom stereocenters. The van der Waals surface area contributed by atoms with Crippen molar-refractivity contribution in [2.45, 2.75) is 40.8 Å². The SMILES string of the molecule is Cc1cnc(Cn2nc(C)c(CO)c2C)c(C)c1[N+](=O)[O-]. The van der Waals surface area contributed by atoms with E-state index in [9.17, 15) is 15.2 Å². The van der Waals surface area contributed by atoms with Gasteiger partial charge in [-0.3, -0.25) is 19.8 Å². The molecule has 2 aromatic heterocycles. The first kappa shape index (κ1) is 15.1. The van der Waals surface area contributed by atoms with Crippen LogP contribution in [0.1, 0.15) is 33.8 Å². The van der Waals surface area contributed by atoms with Crippen molar-refractivity contribution in [2.75, 3.05) is 0 Å². The molecule has 0 aliphatic carbocycles. The van der Waals surface area contributed by atoms with E-state index < -0.39 is 0 Å². The molecule has 0 fully saturated rings. The van der Waals surface area contributed by atoms with Gasteiger partial charge in [0.2, 0.25) is 0 Å². The lowest BCUT2D eigenvalue weighted by atomic mass is 10.1. The van der Waals surface area contributed by atoms with Crippen LogP contribution in [0.5, 0.6) is 0 Å². The maximum Gasteiger partial charge on any atom is 0.278 e. The Kier molecular flexibility index (Phi) is 4.04. The van der Waals surface area contributed by atoms with Gasteiger partial charge in [-0.15, -0.1) is 0 Å². The Hall–Kier alpha value is -2.28. The van der Waals surface area contributed by atoms with Gasteiger partial charge < -0.3 is 5.11 Å². The van der Waals surface area contributed by atoms with E-state index in [4.69, 9.17) is 0 Å². The number of aliphatic hydroxyl groups excluding tert-OH is 1. The molecule has 0 radical (unpaired) electrons. The monoisotopic (exact) mass is 290 g/mol. The molecule has 0 saturated heterocycles. The maximum absolute atomic E-state index is 11.1. The van der Waals surface area contributed by atoms with E-state index >= 15 is 0 Å². The summed E-state index contributed by atoms with van der Waals surface area (Å²) in [6.07, 6.45) is 1.51. The first-order chi connectivity index (χ1) is 9.86. The minimum atomic E-state index is -0.379. The standard InChI is InChI=1S/C14H18N4O3/c1-8-5-15-13(9(2)14(8)18(20)21)6-17-11(4)12(7-19)10(3)16-17/h5,19H,6-7H2,1-4H3. The number of hydrogen-bond acceptors (Lipinski definition) is 5. The second kappa shape index (κ2) is 5.61. The minimum Gasteiger partial charge on any atom is -0.392 e. The van der Waals surface area contributed by atoms with Gasteiger partial charge >= 0.3 is 0 Å². The fourth-order valence-corrected chi connectivity index (χ4v) is 2.46. The van der Waals surface area contributed by atoms with Gasteiger partial charge in [-0.2, -0.15) is 5.10 Å². The summed E-state index contributed by atoms with van der Waals surface area (Å²) in [6, 6.07) is 0. The van der Waals surface area contributed by atoms with E-state index in [2.05, 4.69) is 10.1 Å². The van der Waals surface area contributed by atoms with Crippen molar-refractivity contribution in [3.05, 3.63) is 50.1 Å². The largest absolute Gasteiger partial charge is 0.392 e. The van der Waals surface area contributed by atoms with Gasteiger partial charge in [0, 0.05) is 23.0 Å². The number of rotatable bonds is 4. The molecule has 0 spiro atoms. The van der Waals surface area contributed by atoms with Gasteiger partial charge in [0.25, 0.3) is 5.69 Å². The minimum absolute atomic E-state index is 0.0713. The van der Waals surface area contributed by atoms with E-state index in [1.54, 1.807) is 18.5 Å². The van der Waals surface area contributed by atoms with Gasteiger partial charge in [0.15, 0.2) is 0 Å². The quantitative estimate of drug-likeness (QED) is 0.686. The predicted octanol–water partition coefficient (Wildman–Crippen LogP) is 1.96. The molecule has 0 bridgehead atoms. The Morgan fingerprint density at radius 3 is 2.52 bits per heavy atom. The van der Waals surface area contributed by atoms with Crippen LogP contribution < -0.4 is 0 Å². The maximum atomic E-state index is 11.1. The van der Waals surface area contributed by atoms with Crippen LogP contribution in [0.2, 0.25) is 0 Å². The fourth-order valence-electron chi connectivity index (χ4n) is 2.46. The molecule has 2 rings (SSSR count). The third-order valence-corrected chi connectivity index (χ3v) is 3.75. The number of aliphatic hydroxyl groups is 1. The van der Waals surface area contributed by atoms with E-state index in [-0.39, 0.29) is 17.2 Å². The predicted molar refractivity (Wildman–Crippen MR) is 77.1 cm³/mol. The summed E-state index contributed by atoms with van der Waals surface area (Å²) in [4.78, 5) is 15.1. The topological polar surface area (TPSA) is 94.1 Å². The number of hydrogen-bond donors (Lipinski definition) is 1. The van der Waals surface area contributed by atoms with Crippen molar-refractivity contribution >= 4 is 5.69 Å². The molecule has 2 heterocycles. The molecular weight excluding hydrogens is 272 g/mol. The molecular formula is C14H18N4O3. The Morgan fingerprint density at radius 1 is 1.33 bits per heavy atom. The van der Waals surface area contributed by atoms with Gasteiger partial charge in [-0.05, 0) is 27.7 Å². The summed E-state index contributed by atoms with van der Waals surface area (Å²) in [5, 5.41) is 24.8. The molecule has 0 amide bonds. The van der Waals surface area contributed by atoms with Crippen LogP contribution in [0.4, 0.5) is 5.69 Å². The molecule has 0 aliphatic rings. The van der Waals surface area contributed by atoms with Crippen LogP contribution in [0.3, 0.4) is 0 Å². The molecule has 112 valence electrons. The van der Waals surface area contributed by atoms with Crippen LogP contribution in [-0.4, -0.2) is 24.8 Å². The third-order valence-electron chi connectivity index (χ3n) is 3.75. The van der Waals surface area contributed by atoms with Crippen molar-refractivity contribution in [2.24, 2.45) is 0 Å². The summed E-state index contributed by atoms with van der Waals surface area (Å²) in [7, 11) is 0. The van der Waals surface area contributed by atoms with Crippen molar-refractivity contribution in [3.8, 4) is 0 Å². The molecule has 7 heteroatoms. The normalized spacial score (nSPS) is 10.9. The van der Waals surface area contributed by atoms with E-state index in [1.165, 1.54) is 6.20 Å². The third kappa shape index (κ3) is 2.64. The molecule has 2 aromatic rings. The molecule has 0 aliphatic heterocycles. The van der Waals surface area contributed by atoms with Crippen LogP contribution >= 0.6 is 0 Å². The van der Waals surface area contributed by atoms with Crippen molar-refractivity contribution in [3.63, 3.8) is 0 Å². The average molecular weight is 290 g/mol. The first-order valence-electron chi connectivity index (χ1n) is 6.60. The number of nitrogens with zero attached hydrogens (tertiary/aromatic N) is 4. The number of aromatic nitrogens is 3. The Morgan fingerprint density at radius 2 is 2.00 bits per heavy atom. The van der Waals surface area contributed by atoms with Crippen LogP contribution in [0.25, 0.3) is 0 Å². The van der Waals surface area contributed by atoms with E-state index in [1.807, 2.05) is 13.8 Å². The zero-order chi connectivity index (χ0) is 15.7. The highest BCUT2D eigenvalue weighted by Crippen LogP contribution is 2.25. The number of pyridine rings is 1. The summed E-state index contributed by atoms with van der Waals surface area (Å²) in [5.74, 6) is 0. The molecule has 7 nitrogen and oxygen atoms in total. The number of nitro groups is 1. The second-order valence-corrected chi connectivity index (χ2v) is 5.08. The van der Waals surface area contributed by atoms with Crippen molar-refractivity contribution < 1.29 is 10.0 Å². The lowest BCUT2D eigenvalue weighted by Crippen LogP contribution is -2.09.